The van der Waals surface area contributed by atoms with Gasteiger partial charge in [-0.25, -0.2) is 4.79 Å². The largest absolute Gasteiger partial charge is 0.442 e. The highest BCUT2D eigenvalue weighted by molar-refractivity contribution is 5.84. The molecule has 0 aromatic carbocycles. The molecule has 2 nitrogen and oxygen atoms in total. The molecule has 0 aromatic rings. The van der Waals surface area contributed by atoms with Gasteiger partial charge in [-0.15, -0.1) is 4.39 Å². The fourth-order valence-corrected chi connectivity index (χ4v) is 0.501. The molecular formula is C6H3FO2. The molecule has 0 radical (unpaired) electrons. The van der Waals surface area contributed by atoms with Gasteiger partial charge in [-0.1, -0.05) is 0 Å². The Morgan fingerprint density at radius 3 is 3.00 bits per heavy atom. The van der Waals surface area contributed by atoms with Crippen LogP contribution in [-0.2, 0) is 9.53 Å². The minimum Gasteiger partial charge on any atom is -0.442 e. The molecule has 1 aliphatic rings. The maximum atomic E-state index is 11.2. The second-order valence-corrected chi connectivity index (χ2v) is 1.46. The number of ether oxygens (including phenoxy) is 1. The van der Waals surface area contributed by atoms with Crippen molar-refractivity contribution in [3.05, 3.63) is 12.2 Å². The number of rotatable bonds is 0. The number of carbonyl (C=O) groups is 1. The van der Waals surface area contributed by atoms with Gasteiger partial charge in [-0.05, 0) is 12.0 Å². The molecule has 0 spiro atoms. The Balaban J connectivity index is 2.57. The van der Waals surface area contributed by atoms with Gasteiger partial charge in [0.2, 0.25) is 0 Å². The van der Waals surface area contributed by atoms with E-state index < -0.39 is 12.1 Å². The summed E-state index contributed by atoms with van der Waals surface area (Å²) in [6.07, 6.45) is 3.09. The molecule has 0 saturated carbocycles. The second-order valence-electron chi connectivity index (χ2n) is 1.46. The number of hydrogen-bond donors (Lipinski definition) is 0. The number of esters is 1. The summed E-state index contributed by atoms with van der Waals surface area (Å²) >= 11 is 0. The third kappa shape index (κ3) is 1.29. The lowest BCUT2D eigenvalue weighted by Gasteiger charge is -1.94. The summed E-state index contributed by atoms with van der Waals surface area (Å²) in [7, 11) is 0. The van der Waals surface area contributed by atoms with E-state index in [0.29, 0.717) is 0 Å². The summed E-state index contributed by atoms with van der Waals surface area (Å²) in [6.45, 7) is 0. The molecule has 0 saturated heterocycles. The molecule has 0 fully saturated rings. The predicted octanol–water partition coefficient (Wildman–Crippen LogP) is 0.398. The van der Waals surface area contributed by atoms with Crippen molar-refractivity contribution < 1.29 is 13.9 Å². The van der Waals surface area contributed by atoms with E-state index in [9.17, 15) is 9.18 Å². The zero-order valence-electron chi connectivity index (χ0n) is 4.43. The highest BCUT2D eigenvalue weighted by Crippen LogP contribution is 2.02. The Labute approximate surface area is 51.3 Å². The number of halogens is 1. The predicted molar refractivity (Wildman–Crippen MR) is 27.9 cm³/mol. The SMILES string of the molecule is O=C1C=CC(C#CF)O1. The van der Waals surface area contributed by atoms with Crippen LogP contribution in [0.3, 0.4) is 0 Å². The van der Waals surface area contributed by atoms with Crippen LogP contribution in [0.4, 0.5) is 4.39 Å². The summed E-state index contributed by atoms with van der Waals surface area (Å²) < 4.78 is 15.6. The van der Waals surface area contributed by atoms with Crippen molar-refractivity contribution in [2.45, 2.75) is 6.10 Å². The van der Waals surface area contributed by atoms with Crippen LogP contribution in [0.5, 0.6) is 0 Å². The van der Waals surface area contributed by atoms with E-state index in [-0.39, 0.29) is 0 Å². The molecule has 1 rings (SSSR count). The standard InChI is InChI=1S/C6H3FO2/c7-4-3-5-1-2-6(8)9-5/h1-2,5H. The average Bonchev–Trinajstić information content (AvgIpc) is 2.17. The van der Waals surface area contributed by atoms with Crippen molar-refractivity contribution in [2.24, 2.45) is 0 Å². The monoisotopic (exact) mass is 126 g/mol. The third-order valence-corrected chi connectivity index (χ3v) is 0.847. The van der Waals surface area contributed by atoms with Crippen LogP contribution < -0.4 is 0 Å². The Hall–Kier alpha value is -1.30. The van der Waals surface area contributed by atoms with Gasteiger partial charge in [0.15, 0.2) is 6.10 Å². The highest BCUT2D eigenvalue weighted by Gasteiger charge is 2.12. The van der Waals surface area contributed by atoms with Gasteiger partial charge in [-0.3, -0.25) is 0 Å². The molecule has 0 N–H and O–H groups in total. The first-order chi connectivity index (χ1) is 4.33. The molecule has 1 unspecified atom stereocenters. The summed E-state index contributed by atoms with van der Waals surface area (Å²) in [4.78, 5) is 10.2. The second kappa shape index (κ2) is 2.31. The lowest BCUT2D eigenvalue weighted by Crippen LogP contribution is -2.03. The molecule has 0 aliphatic carbocycles. The van der Waals surface area contributed by atoms with E-state index in [1.807, 2.05) is 5.92 Å². The van der Waals surface area contributed by atoms with E-state index in [0.717, 1.165) is 6.17 Å². The average molecular weight is 126 g/mol. The zero-order chi connectivity index (χ0) is 6.69. The number of cyclic esters (lactones) is 1. The van der Waals surface area contributed by atoms with Gasteiger partial charge in [0.1, 0.15) is 6.17 Å². The van der Waals surface area contributed by atoms with Crippen molar-refractivity contribution in [2.75, 3.05) is 0 Å². The summed E-state index contributed by atoms with van der Waals surface area (Å²) in [5.41, 5.74) is 0. The summed E-state index contributed by atoms with van der Waals surface area (Å²) in [6, 6.07) is 0. The minimum absolute atomic E-state index is 0.470. The van der Waals surface area contributed by atoms with Gasteiger partial charge in [0.25, 0.3) is 0 Å². The van der Waals surface area contributed by atoms with E-state index in [4.69, 9.17) is 0 Å². The van der Waals surface area contributed by atoms with Crippen molar-refractivity contribution in [1.29, 1.82) is 0 Å². The van der Waals surface area contributed by atoms with Gasteiger partial charge < -0.3 is 4.74 Å². The van der Waals surface area contributed by atoms with Crippen LogP contribution in [0.15, 0.2) is 12.2 Å². The molecule has 3 heteroatoms. The van der Waals surface area contributed by atoms with Gasteiger partial charge >= 0.3 is 5.97 Å². The quantitative estimate of drug-likeness (QED) is 0.347. The third-order valence-electron chi connectivity index (χ3n) is 0.847. The molecule has 1 heterocycles. The van der Waals surface area contributed by atoms with Crippen LogP contribution in [-0.4, -0.2) is 12.1 Å². The van der Waals surface area contributed by atoms with Crippen LogP contribution in [0.2, 0.25) is 0 Å². The maximum Gasteiger partial charge on any atom is 0.332 e. The Bertz CT molecular complexity index is 209. The topological polar surface area (TPSA) is 26.3 Å². The molecule has 9 heavy (non-hydrogen) atoms. The van der Waals surface area contributed by atoms with E-state index in [2.05, 4.69) is 4.74 Å². The molecule has 0 bridgehead atoms. The zero-order valence-corrected chi connectivity index (χ0v) is 4.43. The first-order valence-electron chi connectivity index (χ1n) is 2.33. The summed E-state index contributed by atoms with van der Waals surface area (Å²) in [5.74, 6) is 1.56. The highest BCUT2D eigenvalue weighted by atomic mass is 19.1. The number of carbonyl (C=O) groups excluding carboxylic acids is 1. The van der Waals surface area contributed by atoms with Gasteiger partial charge in [-0.2, -0.15) is 0 Å². The van der Waals surface area contributed by atoms with Crippen molar-refractivity contribution in [3.8, 4) is 12.1 Å². The molecule has 0 aromatic heterocycles. The molecular weight excluding hydrogens is 123 g/mol. The van der Waals surface area contributed by atoms with Crippen LogP contribution >= 0.6 is 0 Å². The molecule has 1 aliphatic heterocycles. The Morgan fingerprint density at radius 2 is 2.56 bits per heavy atom. The first-order valence-corrected chi connectivity index (χ1v) is 2.33. The van der Waals surface area contributed by atoms with Crippen LogP contribution in [0, 0.1) is 12.1 Å². The maximum absolute atomic E-state index is 11.2. The van der Waals surface area contributed by atoms with E-state index in [1.54, 1.807) is 0 Å². The smallest absolute Gasteiger partial charge is 0.332 e. The molecule has 46 valence electrons. The Morgan fingerprint density at radius 1 is 1.78 bits per heavy atom. The summed E-state index contributed by atoms with van der Waals surface area (Å²) in [5, 5.41) is 0. The Kier molecular flexibility index (Phi) is 1.50. The lowest BCUT2D eigenvalue weighted by atomic mass is 10.4. The van der Waals surface area contributed by atoms with Crippen LogP contribution in [0.1, 0.15) is 0 Å². The fraction of sp³-hybridized carbons (Fsp3) is 0.167. The van der Waals surface area contributed by atoms with E-state index in [1.165, 1.54) is 12.2 Å². The molecule has 1 atom stereocenters. The van der Waals surface area contributed by atoms with Crippen molar-refractivity contribution in [1.82, 2.24) is 0 Å². The minimum atomic E-state index is -0.678. The van der Waals surface area contributed by atoms with Crippen LogP contribution in [0.25, 0.3) is 0 Å². The van der Waals surface area contributed by atoms with Crippen molar-refractivity contribution >= 4 is 5.97 Å². The normalized spacial score (nSPS) is 22.8. The van der Waals surface area contributed by atoms with Gasteiger partial charge in [0.05, 0.1) is 0 Å². The fourth-order valence-electron chi connectivity index (χ4n) is 0.501. The molecule has 0 amide bonds. The van der Waals surface area contributed by atoms with Gasteiger partial charge in [0, 0.05) is 6.08 Å². The van der Waals surface area contributed by atoms with Crippen molar-refractivity contribution in [3.63, 3.8) is 0 Å². The van der Waals surface area contributed by atoms with E-state index >= 15 is 0 Å². The first kappa shape index (κ1) is 5.83. The number of hydrogen-bond acceptors (Lipinski definition) is 2. The lowest BCUT2D eigenvalue weighted by molar-refractivity contribution is -0.136.